The van der Waals surface area contributed by atoms with E-state index >= 15 is 0 Å². The minimum atomic E-state index is -3.12. The summed E-state index contributed by atoms with van der Waals surface area (Å²) in [5.74, 6) is -0.771. The van der Waals surface area contributed by atoms with Crippen LogP contribution in [0.5, 0.6) is 0 Å². The van der Waals surface area contributed by atoms with E-state index in [0.717, 1.165) is 0 Å². The molecule has 0 spiro atoms. The third kappa shape index (κ3) is 3.41. The lowest BCUT2D eigenvalue weighted by Crippen LogP contribution is -2.37. The van der Waals surface area contributed by atoms with Crippen LogP contribution in [0.1, 0.15) is 0 Å². The van der Waals surface area contributed by atoms with E-state index in [4.69, 9.17) is 4.74 Å². The van der Waals surface area contributed by atoms with Crippen LogP contribution in [0.25, 0.3) is 0 Å². The first-order chi connectivity index (χ1) is 10.9. The van der Waals surface area contributed by atoms with Gasteiger partial charge in [0, 0.05) is 18.0 Å². The van der Waals surface area contributed by atoms with Crippen LogP contribution in [0.2, 0.25) is 0 Å². The molecule has 2 aliphatic heterocycles. The molecule has 0 aromatic heterocycles. The average molecular weight is 358 g/mol. The molecule has 0 bridgehead atoms. The van der Waals surface area contributed by atoms with Gasteiger partial charge in [0.25, 0.3) is 5.91 Å². The summed E-state index contributed by atoms with van der Waals surface area (Å²) in [6.07, 6.45) is 0. The Kier molecular flexibility index (Phi) is 4.43. The zero-order valence-corrected chi connectivity index (χ0v) is 13.9. The van der Waals surface area contributed by atoms with E-state index < -0.39 is 15.7 Å². The van der Waals surface area contributed by atoms with Gasteiger partial charge in [0.2, 0.25) is 0 Å². The van der Waals surface area contributed by atoms with Crippen LogP contribution in [0.15, 0.2) is 29.3 Å². The summed E-state index contributed by atoms with van der Waals surface area (Å²) in [5, 5.41) is 0.253. The number of sulfone groups is 1. The Bertz CT molecular complexity index is 749. The molecule has 9 heteroatoms. The van der Waals surface area contributed by atoms with Crippen molar-refractivity contribution in [1.82, 2.24) is 0 Å². The number of nitrogens with zero attached hydrogens (tertiary/aromatic N) is 2. The molecule has 124 valence electrons. The SMILES string of the molecule is COCC(=O)N=C1S[C@@H]2CS(=O)(=O)C[C@H]2N1c1ccc(F)cc1. The number of ether oxygens (including phenoxy) is 1. The smallest absolute Gasteiger partial charge is 0.274 e. The second-order valence-corrected chi connectivity index (χ2v) is 8.73. The van der Waals surface area contributed by atoms with Crippen LogP contribution in [0.4, 0.5) is 10.1 Å². The van der Waals surface area contributed by atoms with Gasteiger partial charge in [-0.05, 0) is 24.3 Å². The molecule has 2 heterocycles. The maximum absolute atomic E-state index is 13.2. The molecular weight excluding hydrogens is 343 g/mol. The van der Waals surface area contributed by atoms with Crippen molar-refractivity contribution in [1.29, 1.82) is 0 Å². The largest absolute Gasteiger partial charge is 0.375 e. The van der Waals surface area contributed by atoms with Gasteiger partial charge in [-0.25, -0.2) is 12.8 Å². The summed E-state index contributed by atoms with van der Waals surface area (Å²) in [4.78, 5) is 17.5. The fourth-order valence-corrected chi connectivity index (χ4v) is 6.66. The summed E-state index contributed by atoms with van der Waals surface area (Å²) in [6, 6.07) is 5.40. The second-order valence-electron chi connectivity index (χ2n) is 5.37. The van der Waals surface area contributed by atoms with Crippen LogP contribution < -0.4 is 4.90 Å². The molecule has 0 radical (unpaired) electrons. The highest BCUT2D eigenvalue weighted by molar-refractivity contribution is 8.16. The van der Waals surface area contributed by atoms with Gasteiger partial charge in [-0.15, -0.1) is 0 Å². The number of aliphatic imine (C=N–C) groups is 1. The van der Waals surface area contributed by atoms with Crippen molar-refractivity contribution in [3.63, 3.8) is 0 Å². The van der Waals surface area contributed by atoms with Gasteiger partial charge in [0.1, 0.15) is 12.4 Å². The van der Waals surface area contributed by atoms with E-state index in [9.17, 15) is 17.6 Å². The first kappa shape index (κ1) is 16.4. The minimum absolute atomic E-state index is 0.000465. The number of halogens is 1. The van der Waals surface area contributed by atoms with Crippen molar-refractivity contribution in [2.45, 2.75) is 11.3 Å². The highest BCUT2D eigenvalue weighted by atomic mass is 32.2. The lowest BCUT2D eigenvalue weighted by Gasteiger charge is -2.24. The number of amidine groups is 1. The third-order valence-corrected chi connectivity index (χ3v) is 6.87. The highest BCUT2D eigenvalue weighted by Crippen LogP contribution is 2.40. The molecule has 0 saturated carbocycles. The Morgan fingerprint density at radius 3 is 2.74 bits per heavy atom. The molecule has 0 unspecified atom stereocenters. The van der Waals surface area contributed by atoms with Gasteiger partial charge >= 0.3 is 0 Å². The van der Waals surface area contributed by atoms with Gasteiger partial charge in [-0.2, -0.15) is 4.99 Å². The van der Waals surface area contributed by atoms with Crippen LogP contribution in [0, 0.1) is 5.82 Å². The molecule has 1 aromatic rings. The van der Waals surface area contributed by atoms with Crippen LogP contribution in [-0.2, 0) is 19.4 Å². The van der Waals surface area contributed by atoms with E-state index in [-0.39, 0.29) is 35.2 Å². The monoisotopic (exact) mass is 358 g/mol. The lowest BCUT2D eigenvalue weighted by molar-refractivity contribution is -0.121. The number of benzene rings is 1. The Hall–Kier alpha value is -1.45. The van der Waals surface area contributed by atoms with Crippen LogP contribution >= 0.6 is 11.8 Å². The number of hydrogen-bond acceptors (Lipinski definition) is 5. The lowest BCUT2D eigenvalue weighted by atomic mass is 10.2. The topological polar surface area (TPSA) is 76.0 Å². The van der Waals surface area contributed by atoms with Gasteiger partial charge in [0.15, 0.2) is 15.0 Å². The molecule has 3 rings (SSSR count). The zero-order valence-electron chi connectivity index (χ0n) is 12.3. The number of hydrogen-bond donors (Lipinski definition) is 0. The van der Waals surface area contributed by atoms with E-state index in [1.807, 2.05) is 0 Å². The number of methoxy groups -OCH3 is 1. The van der Waals surface area contributed by atoms with Crippen molar-refractivity contribution >= 4 is 38.4 Å². The van der Waals surface area contributed by atoms with Crippen molar-refractivity contribution in [2.75, 3.05) is 30.1 Å². The predicted molar refractivity (Wildman–Crippen MR) is 87.0 cm³/mol. The normalized spacial score (nSPS) is 27.4. The summed E-state index contributed by atoms with van der Waals surface area (Å²) in [6.45, 7) is -0.144. The van der Waals surface area contributed by atoms with E-state index in [2.05, 4.69) is 4.99 Å². The van der Waals surface area contributed by atoms with Gasteiger partial charge < -0.3 is 9.64 Å². The zero-order chi connectivity index (χ0) is 16.6. The molecule has 23 heavy (non-hydrogen) atoms. The number of fused-ring (bicyclic) bond motifs is 1. The summed E-state index contributed by atoms with van der Waals surface area (Å²) in [7, 11) is -1.72. The van der Waals surface area contributed by atoms with Gasteiger partial charge in [-0.1, -0.05) is 11.8 Å². The molecule has 6 nitrogen and oxygen atoms in total. The molecular formula is C14H15FN2O4S2. The molecule has 1 aromatic carbocycles. The van der Waals surface area contributed by atoms with E-state index in [1.54, 1.807) is 17.0 Å². The van der Waals surface area contributed by atoms with Crippen LogP contribution in [0.3, 0.4) is 0 Å². The first-order valence-corrected chi connectivity index (χ1v) is 9.62. The number of thioether (sulfide) groups is 1. The number of carbonyl (C=O) groups is 1. The maximum Gasteiger partial charge on any atom is 0.274 e. The quantitative estimate of drug-likeness (QED) is 0.805. The fourth-order valence-electron chi connectivity index (χ4n) is 2.73. The minimum Gasteiger partial charge on any atom is -0.375 e. The summed E-state index contributed by atoms with van der Waals surface area (Å²) >= 11 is 1.27. The van der Waals surface area contributed by atoms with Crippen LogP contribution in [-0.4, -0.2) is 56.0 Å². The summed E-state index contributed by atoms with van der Waals surface area (Å²) < 4.78 is 41.7. The van der Waals surface area contributed by atoms with Gasteiger partial charge in [0.05, 0.1) is 17.5 Å². The second kappa shape index (κ2) is 6.21. The molecule has 2 aliphatic rings. The Balaban J connectivity index is 1.97. The Morgan fingerprint density at radius 1 is 1.39 bits per heavy atom. The fraction of sp³-hybridized carbons (Fsp3) is 0.429. The molecule has 0 N–H and O–H groups in total. The molecule has 2 saturated heterocycles. The molecule has 2 fully saturated rings. The van der Waals surface area contributed by atoms with E-state index in [0.29, 0.717) is 10.9 Å². The Morgan fingerprint density at radius 2 is 2.09 bits per heavy atom. The predicted octanol–water partition coefficient (Wildman–Crippen LogP) is 1.07. The van der Waals surface area contributed by atoms with Crippen molar-refractivity contribution in [3.8, 4) is 0 Å². The third-order valence-electron chi connectivity index (χ3n) is 3.66. The summed E-state index contributed by atoms with van der Waals surface area (Å²) in [5.41, 5.74) is 0.618. The number of amides is 1. The number of carbonyl (C=O) groups excluding carboxylic acids is 1. The van der Waals surface area contributed by atoms with Gasteiger partial charge in [-0.3, -0.25) is 4.79 Å². The number of anilines is 1. The standard InChI is InChI=1S/C14H15FN2O4S2/c1-21-6-13(18)16-14-17(10-4-2-9(15)3-5-10)11-7-23(19,20)8-12(11)22-14/h2-5,11-12H,6-8H2,1H3/t11-,12-/m1/s1. The van der Waals surface area contributed by atoms with Crippen molar-refractivity contribution in [2.24, 2.45) is 4.99 Å². The maximum atomic E-state index is 13.2. The molecule has 1 amide bonds. The van der Waals surface area contributed by atoms with Crippen molar-refractivity contribution < 1.29 is 22.3 Å². The molecule has 2 atom stereocenters. The van der Waals surface area contributed by atoms with Crippen molar-refractivity contribution in [3.05, 3.63) is 30.1 Å². The first-order valence-electron chi connectivity index (χ1n) is 6.92. The van der Waals surface area contributed by atoms with E-state index in [1.165, 1.54) is 31.0 Å². The highest BCUT2D eigenvalue weighted by Gasteiger charge is 2.49. The average Bonchev–Trinajstić information content (AvgIpc) is 2.91. The number of rotatable bonds is 3. The Labute approximate surface area is 137 Å². The molecule has 0 aliphatic carbocycles.